The molecule has 2 aromatic rings. The van der Waals surface area contributed by atoms with Crippen molar-refractivity contribution >= 4 is 11.4 Å². The van der Waals surface area contributed by atoms with Gasteiger partial charge in [0.1, 0.15) is 0 Å². The summed E-state index contributed by atoms with van der Waals surface area (Å²) in [4.78, 5) is 0. The van der Waals surface area contributed by atoms with Crippen molar-refractivity contribution in [2.24, 2.45) is 0 Å². The Balaban J connectivity index is 0.000000597. The molecule has 3 heteroatoms. The van der Waals surface area contributed by atoms with E-state index in [1.165, 1.54) is 140 Å². The van der Waals surface area contributed by atoms with Crippen LogP contribution in [0.1, 0.15) is 179 Å². The Morgan fingerprint density at radius 1 is 0.489 bits per heavy atom. The predicted molar refractivity (Wildman–Crippen MR) is 205 cm³/mol. The maximum absolute atomic E-state index is 11.8. The van der Waals surface area contributed by atoms with Crippen LogP contribution in [0.3, 0.4) is 0 Å². The Morgan fingerprint density at radius 3 is 1.43 bits per heavy atom. The molecule has 0 atom stereocenters. The van der Waals surface area contributed by atoms with Crippen LogP contribution in [-0.4, -0.2) is 4.70 Å². The van der Waals surface area contributed by atoms with Crippen LogP contribution in [0.4, 0.5) is 0 Å². The molecule has 0 saturated carbocycles. The van der Waals surface area contributed by atoms with Gasteiger partial charge < -0.3 is 5.53 Å². The average molecular weight is 686 g/mol. The van der Waals surface area contributed by atoms with Gasteiger partial charge in [0, 0.05) is 22.3 Å². The molecule has 0 aliphatic carbocycles. The number of benzene rings is 2. The minimum absolute atomic E-state index is 0.926. The molecule has 0 radical (unpaired) electrons. The molecule has 3 rings (SSSR count). The number of unbranched alkanes of at least 4 members (excludes halogenated alkanes) is 11. The number of hydrogen-bond acceptors (Lipinski definition) is 0. The SMILES string of the molecule is CCCCCCCCC1=C(c2cccc(CCCC)c2)[N+](=[N-])C(c2cccc(CCCC)c2)=C1CC.CCCC[CH2][Ni][CH2]CCCC. The maximum atomic E-state index is 11.8. The Labute approximate surface area is 297 Å². The van der Waals surface area contributed by atoms with Gasteiger partial charge in [0.15, 0.2) is 0 Å². The van der Waals surface area contributed by atoms with Crippen molar-refractivity contribution in [3.63, 3.8) is 0 Å². The van der Waals surface area contributed by atoms with Crippen molar-refractivity contribution < 1.29 is 19.1 Å². The average Bonchev–Trinajstić information content (AvgIpc) is 3.38. The monoisotopic (exact) mass is 684 g/mol. The zero-order valence-electron chi connectivity index (χ0n) is 31.4. The molecule has 0 unspecified atom stereocenters. The molecule has 2 aromatic carbocycles. The van der Waals surface area contributed by atoms with Gasteiger partial charge >= 0.3 is 77.6 Å². The van der Waals surface area contributed by atoms with Crippen LogP contribution in [0.2, 0.25) is 10.8 Å². The molecule has 47 heavy (non-hydrogen) atoms. The van der Waals surface area contributed by atoms with Gasteiger partial charge in [-0.1, -0.05) is 96.9 Å². The van der Waals surface area contributed by atoms with Crippen LogP contribution in [0.15, 0.2) is 59.7 Å². The number of allylic oxidation sites excluding steroid dienone is 2. The normalized spacial score (nSPS) is 13.1. The summed E-state index contributed by atoms with van der Waals surface area (Å²) in [5.41, 5.74) is 21.4. The van der Waals surface area contributed by atoms with Crippen LogP contribution in [-0.2, 0) is 27.3 Å². The second kappa shape index (κ2) is 26.0. The Morgan fingerprint density at radius 2 is 0.936 bits per heavy atom. The standard InChI is InChI=1S/C34H48N2.2C5H11.Ni/c1-5-9-12-13-14-15-24-32-31(8-4)33(29-22-16-20-27(25-29)18-10-6-2)36(35)34(32)30-23-17-21-28(26-30)19-11-7-3;2*1-3-5-4-2;/h16-17,20-23,25-26H,5-15,18-19,24H2,1-4H3;2*1,3-5H2,2H3;. The van der Waals surface area contributed by atoms with E-state index >= 15 is 0 Å². The summed E-state index contributed by atoms with van der Waals surface area (Å²) in [6.07, 6.45) is 25.1. The fraction of sp³-hybridized carbons (Fsp3) is 0.636. The molecule has 1 heterocycles. The fourth-order valence-corrected chi connectivity index (χ4v) is 7.62. The van der Waals surface area contributed by atoms with Crippen molar-refractivity contribution in [2.75, 3.05) is 0 Å². The summed E-state index contributed by atoms with van der Waals surface area (Å²) in [5, 5.41) is 2.81. The quantitative estimate of drug-likeness (QED) is 0.0597. The summed E-state index contributed by atoms with van der Waals surface area (Å²) in [5.74, 6) is 0. The van der Waals surface area contributed by atoms with Gasteiger partial charge in [0.25, 0.3) is 0 Å². The number of aryl methyl sites for hydroxylation is 2. The molecular formula is C44H70N2Ni. The number of nitrogens with zero attached hydrogens (tertiary/aromatic N) is 2. The van der Waals surface area contributed by atoms with Crippen LogP contribution in [0, 0.1) is 0 Å². The van der Waals surface area contributed by atoms with E-state index in [-0.39, 0.29) is 0 Å². The van der Waals surface area contributed by atoms with Crippen LogP contribution in [0.5, 0.6) is 0 Å². The molecule has 1 aliphatic heterocycles. The first kappa shape index (κ1) is 41.2. The summed E-state index contributed by atoms with van der Waals surface area (Å²) in [6.45, 7) is 13.5. The second-order valence-corrected chi connectivity index (χ2v) is 14.8. The van der Waals surface area contributed by atoms with Crippen LogP contribution >= 0.6 is 0 Å². The van der Waals surface area contributed by atoms with Gasteiger partial charge in [0.2, 0.25) is 11.4 Å². The molecule has 0 aromatic heterocycles. The summed E-state index contributed by atoms with van der Waals surface area (Å²) in [6, 6.07) is 17.7. The summed E-state index contributed by atoms with van der Waals surface area (Å²) < 4.78 is 1.53. The van der Waals surface area contributed by atoms with Crippen molar-refractivity contribution in [3.8, 4) is 0 Å². The van der Waals surface area contributed by atoms with Crippen LogP contribution < -0.4 is 0 Å². The molecule has 0 fully saturated rings. The molecule has 0 bridgehead atoms. The van der Waals surface area contributed by atoms with E-state index in [0.29, 0.717) is 0 Å². The van der Waals surface area contributed by atoms with E-state index in [1.807, 2.05) is 14.4 Å². The van der Waals surface area contributed by atoms with E-state index < -0.39 is 0 Å². The van der Waals surface area contributed by atoms with Gasteiger partial charge in [-0.25, -0.2) is 4.70 Å². The van der Waals surface area contributed by atoms with Crippen LogP contribution in [0.25, 0.3) is 16.9 Å². The Hall–Kier alpha value is -1.99. The molecule has 2 nitrogen and oxygen atoms in total. The summed E-state index contributed by atoms with van der Waals surface area (Å²) >= 11 is 1.97. The first-order valence-corrected chi connectivity index (χ1v) is 21.0. The third-order valence-electron chi connectivity index (χ3n) is 9.19. The third kappa shape index (κ3) is 15.0. The summed E-state index contributed by atoms with van der Waals surface area (Å²) in [7, 11) is 0. The van der Waals surface area contributed by atoms with E-state index in [4.69, 9.17) is 0 Å². The van der Waals surface area contributed by atoms with Crippen molar-refractivity contribution in [2.45, 2.75) is 181 Å². The zero-order valence-corrected chi connectivity index (χ0v) is 32.4. The van der Waals surface area contributed by atoms with Crippen molar-refractivity contribution in [1.82, 2.24) is 0 Å². The van der Waals surface area contributed by atoms with Gasteiger partial charge in [0.05, 0.1) is 0 Å². The second-order valence-electron chi connectivity index (χ2n) is 13.3. The third-order valence-corrected chi connectivity index (χ3v) is 10.6. The number of hydrogen-bond donors (Lipinski definition) is 0. The molecule has 0 amide bonds. The van der Waals surface area contributed by atoms with E-state index in [1.54, 1.807) is 0 Å². The molecule has 0 saturated heterocycles. The zero-order chi connectivity index (χ0) is 34.1. The first-order chi connectivity index (χ1) is 23.1. The number of rotatable bonds is 24. The molecule has 0 N–H and O–H groups in total. The van der Waals surface area contributed by atoms with Gasteiger partial charge in [-0.05, 0) is 80.3 Å². The van der Waals surface area contributed by atoms with E-state index in [0.717, 1.165) is 48.2 Å². The minimum atomic E-state index is 0.926. The molecule has 266 valence electrons. The molecule has 0 spiro atoms. The fourth-order valence-electron chi connectivity index (χ4n) is 6.38. The van der Waals surface area contributed by atoms with Crippen molar-refractivity contribution in [1.29, 1.82) is 0 Å². The first-order valence-electron chi connectivity index (χ1n) is 19.6. The molecule has 1 aliphatic rings. The van der Waals surface area contributed by atoms with E-state index in [9.17, 15) is 5.53 Å². The van der Waals surface area contributed by atoms with Gasteiger partial charge in [-0.2, -0.15) is 0 Å². The Bertz CT molecular complexity index is 1200. The molecular weight excluding hydrogens is 615 g/mol. The van der Waals surface area contributed by atoms with Gasteiger partial charge in [-0.3, -0.25) is 0 Å². The van der Waals surface area contributed by atoms with Gasteiger partial charge in [-0.15, -0.1) is 0 Å². The Kier molecular flexibility index (Phi) is 22.7. The predicted octanol–water partition coefficient (Wildman–Crippen LogP) is 15.0. The van der Waals surface area contributed by atoms with E-state index in [2.05, 4.69) is 90.1 Å². The van der Waals surface area contributed by atoms with Crippen molar-refractivity contribution in [3.05, 3.63) is 87.5 Å². The topological polar surface area (TPSA) is 25.3 Å².